The predicted octanol–water partition coefficient (Wildman–Crippen LogP) is 4.76. The largest absolute Gasteiger partial charge is 0.367 e. The number of fused-ring (bicyclic) bond motifs is 1. The van der Waals surface area contributed by atoms with Crippen molar-refractivity contribution in [3.63, 3.8) is 0 Å². The van der Waals surface area contributed by atoms with E-state index in [1.54, 1.807) is 0 Å². The lowest BCUT2D eigenvalue weighted by Gasteiger charge is -2.20. The molecule has 0 aliphatic carbocycles. The van der Waals surface area contributed by atoms with Crippen LogP contribution >= 0.6 is 0 Å². The van der Waals surface area contributed by atoms with Crippen molar-refractivity contribution in [1.82, 2.24) is 10.2 Å². The van der Waals surface area contributed by atoms with E-state index in [0.717, 1.165) is 25.1 Å². The Bertz CT molecular complexity index is 817. The van der Waals surface area contributed by atoms with E-state index in [1.165, 1.54) is 27.9 Å². The van der Waals surface area contributed by atoms with E-state index in [2.05, 4.69) is 71.4 Å². The summed E-state index contributed by atoms with van der Waals surface area (Å²) in [7, 11) is 0. The summed E-state index contributed by atoms with van der Waals surface area (Å²) in [6, 6.07) is 15.8. The van der Waals surface area contributed by atoms with Crippen LogP contribution in [0.5, 0.6) is 0 Å². The Morgan fingerprint density at radius 2 is 1.92 bits per heavy atom. The van der Waals surface area contributed by atoms with Crippen LogP contribution in [0.3, 0.4) is 0 Å². The van der Waals surface area contributed by atoms with Crippen LogP contribution < -0.4 is 4.90 Å². The van der Waals surface area contributed by atoms with Gasteiger partial charge >= 0.3 is 0 Å². The Morgan fingerprint density at radius 1 is 1.08 bits per heavy atom. The second kappa shape index (κ2) is 6.16. The number of benzene rings is 2. The van der Waals surface area contributed by atoms with E-state index in [0.29, 0.717) is 5.92 Å². The zero-order valence-corrected chi connectivity index (χ0v) is 14.3. The fourth-order valence-electron chi connectivity index (χ4n) is 3.45. The molecule has 2 aromatic carbocycles. The standard InChI is InChI=1S/C21H23N3/c1-15(2)17-5-3-16(4-6-17)14-24-10-9-19-11-18(7-8-21(19)24)20-12-22-23-13-20/h3-8,11-13,15H,9-10,14H2,1-2H3,(H,22,23). The summed E-state index contributed by atoms with van der Waals surface area (Å²) in [5.74, 6) is 0.591. The van der Waals surface area contributed by atoms with E-state index in [1.807, 2.05) is 12.4 Å². The van der Waals surface area contributed by atoms with Crippen LogP contribution in [0.25, 0.3) is 11.1 Å². The van der Waals surface area contributed by atoms with Crippen molar-refractivity contribution < 1.29 is 0 Å². The molecule has 0 saturated heterocycles. The van der Waals surface area contributed by atoms with Crippen molar-refractivity contribution in [1.29, 1.82) is 0 Å². The SMILES string of the molecule is CC(C)c1ccc(CN2CCc3cc(-c4cn[nH]c4)ccc32)cc1. The van der Waals surface area contributed by atoms with E-state index >= 15 is 0 Å². The lowest BCUT2D eigenvalue weighted by molar-refractivity contribution is 0.830. The minimum atomic E-state index is 0.591. The van der Waals surface area contributed by atoms with Crippen molar-refractivity contribution in [2.24, 2.45) is 0 Å². The van der Waals surface area contributed by atoms with Crippen LogP contribution in [0.2, 0.25) is 0 Å². The maximum atomic E-state index is 4.05. The smallest absolute Gasteiger partial charge is 0.0565 e. The van der Waals surface area contributed by atoms with Crippen LogP contribution in [0.4, 0.5) is 5.69 Å². The third-order valence-corrected chi connectivity index (χ3v) is 4.92. The molecule has 0 saturated carbocycles. The van der Waals surface area contributed by atoms with Crippen LogP contribution in [0.1, 0.15) is 36.5 Å². The number of anilines is 1. The topological polar surface area (TPSA) is 31.9 Å². The first-order valence-electron chi connectivity index (χ1n) is 8.66. The van der Waals surface area contributed by atoms with Gasteiger partial charge in [-0.15, -0.1) is 0 Å². The molecule has 1 aromatic heterocycles. The van der Waals surface area contributed by atoms with Gasteiger partial charge < -0.3 is 4.90 Å². The number of nitrogens with one attached hydrogen (secondary N) is 1. The van der Waals surface area contributed by atoms with Gasteiger partial charge in [0.05, 0.1) is 6.20 Å². The van der Waals surface area contributed by atoms with Crippen molar-refractivity contribution in [3.05, 3.63) is 71.5 Å². The molecule has 0 spiro atoms. The van der Waals surface area contributed by atoms with Gasteiger partial charge in [0.1, 0.15) is 0 Å². The monoisotopic (exact) mass is 317 g/mol. The summed E-state index contributed by atoms with van der Waals surface area (Å²) in [6.45, 7) is 6.55. The van der Waals surface area contributed by atoms with Gasteiger partial charge in [-0.1, -0.05) is 44.2 Å². The highest BCUT2D eigenvalue weighted by Gasteiger charge is 2.19. The van der Waals surface area contributed by atoms with Crippen molar-refractivity contribution in [2.45, 2.75) is 32.7 Å². The van der Waals surface area contributed by atoms with Crippen LogP contribution in [0, 0.1) is 0 Å². The van der Waals surface area contributed by atoms with Gasteiger partial charge in [0, 0.05) is 30.5 Å². The summed E-state index contributed by atoms with van der Waals surface area (Å²) in [4.78, 5) is 2.48. The highest BCUT2D eigenvalue weighted by molar-refractivity contribution is 5.69. The molecule has 1 aliphatic rings. The van der Waals surface area contributed by atoms with Crippen LogP contribution in [-0.4, -0.2) is 16.7 Å². The van der Waals surface area contributed by atoms with Crippen LogP contribution in [0.15, 0.2) is 54.9 Å². The van der Waals surface area contributed by atoms with Gasteiger partial charge in [-0.2, -0.15) is 5.10 Å². The zero-order valence-electron chi connectivity index (χ0n) is 14.3. The lowest BCUT2D eigenvalue weighted by atomic mass is 10.0. The normalized spacial score (nSPS) is 13.5. The fourth-order valence-corrected chi connectivity index (χ4v) is 3.45. The third-order valence-electron chi connectivity index (χ3n) is 4.92. The van der Waals surface area contributed by atoms with E-state index in [9.17, 15) is 0 Å². The number of hydrogen-bond acceptors (Lipinski definition) is 2. The molecule has 3 nitrogen and oxygen atoms in total. The molecule has 0 amide bonds. The Morgan fingerprint density at radius 3 is 2.62 bits per heavy atom. The molecule has 1 N–H and O–H groups in total. The molecule has 2 heterocycles. The summed E-state index contributed by atoms with van der Waals surface area (Å²) in [5.41, 5.74) is 7.99. The fraction of sp³-hybridized carbons (Fsp3) is 0.286. The van der Waals surface area contributed by atoms with Gasteiger partial charge in [-0.25, -0.2) is 0 Å². The van der Waals surface area contributed by atoms with Gasteiger partial charge in [-0.05, 0) is 46.7 Å². The molecule has 24 heavy (non-hydrogen) atoms. The predicted molar refractivity (Wildman–Crippen MR) is 99.3 cm³/mol. The molecule has 122 valence electrons. The summed E-state index contributed by atoms with van der Waals surface area (Å²) in [6.07, 6.45) is 4.94. The van der Waals surface area contributed by atoms with Crippen molar-refractivity contribution in [2.75, 3.05) is 11.4 Å². The first kappa shape index (κ1) is 15.0. The number of hydrogen-bond donors (Lipinski definition) is 1. The van der Waals surface area contributed by atoms with Crippen molar-refractivity contribution in [3.8, 4) is 11.1 Å². The first-order chi connectivity index (χ1) is 11.7. The minimum absolute atomic E-state index is 0.591. The molecule has 0 fully saturated rings. The molecule has 4 rings (SSSR count). The Balaban J connectivity index is 1.53. The molecule has 0 atom stereocenters. The average Bonchev–Trinajstić information content (AvgIpc) is 3.25. The van der Waals surface area contributed by atoms with E-state index in [-0.39, 0.29) is 0 Å². The molecule has 3 heteroatoms. The molecular weight excluding hydrogens is 294 g/mol. The van der Waals surface area contributed by atoms with Gasteiger partial charge in [0.25, 0.3) is 0 Å². The lowest BCUT2D eigenvalue weighted by Crippen LogP contribution is -2.19. The molecular formula is C21H23N3. The number of H-pyrrole nitrogens is 1. The quantitative estimate of drug-likeness (QED) is 0.752. The minimum Gasteiger partial charge on any atom is -0.367 e. The molecule has 3 aromatic rings. The molecule has 1 aliphatic heterocycles. The maximum Gasteiger partial charge on any atom is 0.0565 e. The zero-order chi connectivity index (χ0) is 16.5. The van der Waals surface area contributed by atoms with Gasteiger partial charge in [-0.3, -0.25) is 5.10 Å². The number of aromatic amines is 1. The second-order valence-corrected chi connectivity index (χ2v) is 6.90. The van der Waals surface area contributed by atoms with Gasteiger partial charge in [0.2, 0.25) is 0 Å². The summed E-state index contributed by atoms with van der Waals surface area (Å²) >= 11 is 0. The van der Waals surface area contributed by atoms with Crippen molar-refractivity contribution >= 4 is 5.69 Å². The Labute approximate surface area is 143 Å². The number of aromatic nitrogens is 2. The number of rotatable bonds is 4. The Hall–Kier alpha value is -2.55. The molecule has 0 unspecified atom stereocenters. The summed E-state index contributed by atoms with van der Waals surface area (Å²) < 4.78 is 0. The molecule has 0 bridgehead atoms. The number of nitrogens with zero attached hydrogens (tertiary/aromatic N) is 2. The average molecular weight is 317 g/mol. The molecule has 0 radical (unpaired) electrons. The van der Waals surface area contributed by atoms with Gasteiger partial charge in [0.15, 0.2) is 0 Å². The second-order valence-electron chi connectivity index (χ2n) is 6.90. The Kier molecular flexibility index (Phi) is 3.85. The van der Waals surface area contributed by atoms with E-state index in [4.69, 9.17) is 0 Å². The summed E-state index contributed by atoms with van der Waals surface area (Å²) in [5, 5.41) is 6.94. The maximum absolute atomic E-state index is 4.05. The third kappa shape index (κ3) is 2.82. The highest BCUT2D eigenvalue weighted by Crippen LogP contribution is 2.33. The highest BCUT2D eigenvalue weighted by atomic mass is 15.1. The van der Waals surface area contributed by atoms with E-state index < -0.39 is 0 Å². The van der Waals surface area contributed by atoms with Crippen LogP contribution in [-0.2, 0) is 13.0 Å². The first-order valence-corrected chi connectivity index (χ1v) is 8.66.